The van der Waals surface area contributed by atoms with Crippen molar-refractivity contribution in [2.24, 2.45) is 5.92 Å². The van der Waals surface area contributed by atoms with Gasteiger partial charge < -0.3 is 10.2 Å². The van der Waals surface area contributed by atoms with Gasteiger partial charge in [-0.1, -0.05) is 34.1 Å². The lowest BCUT2D eigenvalue weighted by Crippen LogP contribution is -2.32. The fourth-order valence-electron chi connectivity index (χ4n) is 3.73. The maximum atomic E-state index is 12.6. The Balaban J connectivity index is 1.28. The fraction of sp³-hybridized carbons (Fsp3) is 0.318. The molecule has 29 heavy (non-hydrogen) atoms. The van der Waals surface area contributed by atoms with E-state index in [0.717, 1.165) is 24.0 Å². The molecule has 0 saturated carbocycles. The molecule has 2 aromatic carbocycles. The molecular weight excluding hydrogens is 432 g/mol. The lowest BCUT2D eigenvalue weighted by molar-refractivity contribution is -0.121. The predicted molar refractivity (Wildman–Crippen MR) is 118 cm³/mol. The number of nitrogens with one attached hydrogen (secondary N) is 1. The van der Waals surface area contributed by atoms with Gasteiger partial charge in [-0.3, -0.25) is 14.2 Å². The summed E-state index contributed by atoms with van der Waals surface area (Å²) in [6.07, 6.45) is 2.84. The van der Waals surface area contributed by atoms with Gasteiger partial charge in [-0.05, 0) is 42.7 Å². The molecule has 0 bridgehead atoms. The second kappa shape index (κ2) is 8.78. The highest BCUT2D eigenvalue weighted by atomic mass is 79.9. The summed E-state index contributed by atoms with van der Waals surface area (Å²) >= 11 is 3.38. The Morgan fingerprint density at radius 3 is 2.86 bits per heavy atom. The number of hydrogen-bond acceptors (Lipinski definition) is 4. The molecule has 1 aliphatic rings. The Morgan fingerprint density at radius 1 is 1.21 bits per heavy atom. The molecule has 0 radical (unpaired) electrons. The van der Waals surface area contributed by atoms with Crippen molar-refractivity contribution in [1.29, 1.82) is 0 Å². The van der Waals surface area contributed by atoms with E-state index < -0.39 is 0 Å². The van der Waals surface area contributed by atoms with Gasteiger partial charge in [0.1, 0.15) is 0 Å². The molecule has 1 N–H and O–H groups in total. The number of fused-ring (bicyclic) bond motifs is 1. The monoisotopic (exact) mass is 454 g/mol. The molecule has 3 aromatic rings. The average Bonchev–Trinajstić information content (AvgIpc) is 3.22. The third-order valence-corrected chi connectivity index (χ3v) is 5.85. The number of carbonyl (C=O) groups excluding carboxylic acids is 1. The average molecular weight is 455 g/mol. The van der Waals surface area contributed by atoms with Gasteiger partial charge in [-0.15, -0.1) is 0 Å². The second-order valence-electron chi connectivity index (χ2n) is 7.39. The predicted octanol–water partition coefficient (Wildman–Crippen LogP) is 3.19. The molecule has 1 aromatic heterocycles. The molecule has 1 amide bonds. The normalized spacial score (nSPS) is 16.3. The molecule has 1 aliphatic heterocycles. The smallest absolute Gasteiger partial charge is 0.261 e. The maximum Gasteiger partial charge on any atom is 0.261 e. The molecule has 1 unspecified atom stereocenters. The van der Waals surface area contributed by atoms with Gasteiger partial charge in [-0.2, -0.15) is 0 Å². The number of amides is 1. The Hall–Kier alpha value is -2.67. The summed E-state index contributed by atoms with van der Waals surface area (Å²) in [5, 5.41) is 3.57. The second-order valence-corrected chi connectivity index (χ2v) is 8.31. The molecule has 4 rings (SSSR count). The van der Waals surface area contributed by atoms with Gasteiger partial charge in [-0.25, -0.2) is 4.98 Å². The van der Waals surface area contributed by atoms with E-state index >= 15 is 0 Å². The number of aryl methyl sites for hydroxylation is 1. The molecule has 0 spiro atoms. The highest BCUT2D eigenvalue weighted by molar-refractivity contribution is 9.10. The lowest BCUT2D eigenvalue weighted by atomic mass is 10.1. The van der Waals surface area contributed by atoms with E-state index in [4.69, 9.17) is 0 Å². The highest BCUT2D eigenvalue weighted by Crippen LogP contribution is 2.23. The van der Waals surface area contributed by atoms with Gasteiger partial charge in [0.15, 0.2) is 0 Å². The van der Waals surface area contributed by atoms with Crippen LogP contribution in [-0.4, -0.2) is 35.1 Å². The molecule has 1 atom stereocenters. The number of benzene rings is 2. The summed E-state index contributed by atoms with van der Waals surface area (Å²) in [6.45, 7) is 2.95. The van der Waals surface area contributed by atoms with Crippen LogP contribution in [-0.2, 0) is 11.3 Å². The van der Waals surface area contributed by atoms with Crippen molar-refractivity contribution in [1.82, 2.24) is 14.9 Å². The van der Waals surface area contributed by atoms with Crippen LogP contribution in [0.25, 0.3) is 10.9 Å². The van der Waals surface area contributed by atoms with Crippen molar-refractivity contribution in [3.63, 3.8) is 0 Å². The summed E-state index contributed by atoms with van der Waals surface area (Å²) in [7, 11) is 0. The van der Waals surface area contributed by atoms with E-state index in [9.17, 15) is 9.59 Å². The van der Waals surface area contributed by atoms with Crippen LogP contribution >= 0.6 is 15.9 Å². The quantitative estimate of drug-likeness (QED) is 0.620. The van der Waals surface area contributed by atoms with Crippen LogP contribution in [0.4, 0.5) is 5.69 Å². The van der Waals surface area contributed by atoms with Crippen molar-refractivity contribution >= 4 is 38.4 Å². The lowest BCUT2D eigenvalue weighted by Gasteiger charge is -2.18. The first-order chi connectivity index (χ1) is 14.1. The minimum Gasteiger partial charge on any atom is -0.371 e. The van der Waals surface area contributed by atoms with Crippen LogP contribution in [0, 0.1) is 5.92 Å². The number of halogens is 1. The van der Waals surface area contributed by atoms with E-state index in [1.165, 1.54) is 16.6 Å². The Kier molecular flexibility index (Phi) is 5.94. The van der Waals surface area contributed by atoms with E-state index in [2.05, 4.69) is 43.3 Å². The van der Waals surface area contributed by atoms with Crippen molar-refractivity contribution in [3.05, 3.63) is 69.7 Å². The number of carbonyl (C=O) groups is 1. The topological polar surface area (TPSA) is 67.2 Å². The summed E-state index contributed by atoms with van der Waals surface area (Å²) in [5.74, 6) is 0.408. The number of aromatic nitrogens is 2. The van der Waals surface area contributed by atoms with Gasteiger partial charge in [0.25, 0.3) is 5.56 Å². The maximum absolute atomic E-state index is 12.6. The number of rotatable bonds is 6. The van der Waals surface area contributed by atoms with E-state index in [0.29, 0.717) is 29.9 Å². The van der Waals surface area contributed by atoms with E-state index in [-0.39, 0.29) is 17.9 Å². The molecule has 1 fully saturated rings. The zero-order chi connectivity index (χ0) is 20.2. The third kappa shape index (κ3) is 4.67. The number of nitrogens with zero attached hydrogens (tertiary/aromatic N) is 3. The van der Waals surface area contributed by atoms with Crippen LogP contribution in [0.3, 0.4) is 0 Å². The van der Waals surface area contributed by atoms with Gasteiger partial charge in [0.2, 0.25) is 5.91 Å². The minimum atomic E-state index is -0.126. The largest absolute Gasteiger partial charge is 0.371 e. The molecule has 0 aliphatic carbocycles. The number of hydrogen-bond donors (Lipinski definition) is 1. The molecule has 150 valence electrons. The van der Waals surface area contributed by atoms with Crippen molar-refractivity contribution < 1.29 is 4.79 Å². The SMILES string of the molecule is O=C(CCn1cnc2ccc(Br)cc2c1=O)NCC1CCN(c2ccccc2)C1. The zero-order valence-electron chi connectivity index (χ0n) is 16.1. The zero-order valence-corrected chi connectivity index (χ0v) is 17.6. The summed E-state index contributed by atoms with van der Waals surface area (Å²) in [6, 6.07) is 15.8. The van der Waals surface area contributed by atoms with Gasteiger partial charge >= 0.3 is 0 Å². The van der Waals surface area contributed by atoms with Crippen molar-refractivity contribution in [2.75, 3.05) is 24.5 Å². The summed E-state index contributed by atoms with van der Waals surface area (Å²) in [4.78, 5) is 31.6. The van der Waals surface area contributed by atoms with Gasteiger partial charge in [0, 0.05) is 42.8 Å². The van der Waals surface area contributed by atoms with Crippen molar-refractivity contribution in [3.8, 4) is 0 Å². The highest BCUT2D eigenvalue weighted by Gasteiger charge is 2.22. The molecule has 2 heterocycles. The number of para-hydroxylation sites is 1. The molecule has 6 nitrogen and oxygen atoms in total. The van der Waals surface area contributed by atoms with Crippen LogP contribution in [0.15, 0.2) is 64.1 Å². The van der Waals surface area contributed by atoms with E-state index in [1.807, 2.05) is 24.3 Å². The Morgan fingerprint density at radius 2 is 2.03 bits per heavy atom. The van der Waals surface area contributed by atoms with Crippen LogP contribution in [0.1, 0.15) is 12.8 Å². The first kappa shape index (κ1) is 19.6. The number of anilines is 1. The molecular formula is C22H23BrN4O2. The van der Waals surface area contributed by atoms with Crippen LogP contribution in [0.2, 0.25) is 0 Å². The standard InChI is InChI=1S/C22H23BrN4O2/c23-17-6-7-20-19(12-17)22(29)27(15-25-20)11-9-21(28)24-13-16-8-10-26(14-16)18-4-2-1-3-5-18/h1-7,12,15-16H,8-11,13-14H2,(H,24,28). The van der Waals surface area contributed by atoms with Crippen LogP contribution < -0.4 is 15.8 Å². The Labute approximate surface area is 177 Å². The fourth-order valence-corrected chi connectivity index (χ4v) is 4.09. The minimum absolute atomic E-state index is 0.0376. The van der Waals surface area contributed by atoms with E-state index in [1.54, 1.807) is 12.1 Å². The Bertz CT molecular complexity index is 1070. The summed E-state index contributed by atoms with van der Waals surface area (Å²) < 4.78 is 2.33. The first-order valence-electron chi connectivity index (χ1n) is 9.81. The van der Waals surface area contributed by atoms with Gasteiger partial charge in [0.05, 0.1) is 17.2 Å². The van der Waals surface area contributed by atoms with Crippen LogP contribution in [0.5, 0.6) is 0 Å². The molecule has 7 heteroatoms. The molecule has 1 saturated heterocycles. The summed E-state index contributed by atoms with van der Waals surface area (Å²) in [5.41, 5.74) is 1.76. The van der Waals surface area contributed by atoms with Crippen molar-refractivity contribution in [2.45, 2.75) is 19.4 Å². The first-order valence-corrected chi connectivity index (χ1v) is 10.6. The third-order valence-electron chi connectivity index (χ3n) is 5.36.